The predicted molar refractivity (Wildman–Crippen MR) is 132 cm³/mol. The first-order valence-electron chi connectivity index (χ1n) is 12.0. The number of esters is 4. The van der Waals surface area contributed by atoms with Crippen LogP contribution in [0.5, 0.6) is 0 Å². The molecule has 0 aromatic heterocycles. The van der Waals surface area contributed by atoms with Crippen molar-refractivity contribution in [3.63, 3.8) is 0 Å². The van der Waals surface area contributed by atoms with Crippen molar-refractivity contribution in [1.82, 2.24) is 5.32 Å². The highest BCUT2D eigenvalue weighted by molar-refractivity contribution is 6.19. The van der Waals surface area contributed by atoms with Gasteiger partial charge in [-0.2, -0.15) is 0 Å². The second-order valence-electron chi connectivity index (χ2n) is 8.68. The zero-order valence-corrected chi connectivity index (χ0v) is 21.4. The number of hydrogen-bond donors (Lipinski definition) is 1. The Morgan fingerprint density at radius 3 is 1.89 bits per heavy atom. The van der Waals surface area contributed by atoms with Crippen LogP contribution >= 0.6 is 0 Å². The first kappa shape index (κ1) is 26.8. The van der Waals surface area contributed by atoms with Gasteiger partial charge in [-0.15, -0.1) is 0 Å². The summed E-state index contributed by atoms with van der Waals surface area (Å²) in [7, 11) is 2.13. The minimum atomic E-state index is -2.60. The summed E-state index contributed by atoms with van der Waals surface area (Å²) in [4.78, 5) is 70.0. The Morgan fingerprint density at radius 1 is 0.816 bits per heavy atom. The molecular formula is C27H28N2O9. The van der Waals surface area contributed by atoms with E-state index < -0.39 is 52.7 Å². The van der Waals surface area contributed by atoms with Gasteiger partial charge in [0, 0.05) is 11.3 Å². The van der Waals surface area contributed by atoms with Crippen LogP contribution < -0.4 is 10.2 Å². The number of para-hydroxylation sites is 2. The Kier molecular flexibility index (Phi) is 7.23. The number of nitrogens with zero attached hydrogens (tertiary/aromatic N) is 1. The fourth-order valence-corrected chi connectivity index (χ4v) is 5.43. The fraction of sp³-hybridized carbons (Fsp3) is 0.370. The molecular weight excluding hydrogens is 496 g/mol. The Balaban J connectivity index is 2.09. The zero-order chi connectivity index (χ0) is 27.7. The van der Waals surface area contributed by atoms with Crippen molar-refractivity contribution in [1.29, 1.82) is 0 Å². The lowest BCUT2D eigenvalue weighted by Crippen LogP contribution is -2.65. The van der Waals surface area contributed by atoms with Gasteiger partial charge in [0.05, 0.1) is 33.1 Å². The van der Waals surface area contributed by atoms with E-state index in [1.54, 1.807) is 54.6 Å². The molecule has 2 aromatic rings. The van der Waals surface area contributed by atoms with E-state index in [4.69, 9.17) is 18.9 Å². The van der Waals surface area contributed by atoms with Gasteiger partial charge in [-0.05, 0) is 32.0 Å². The van der Waals surface area contributed by atoms with E-state index in [1.807, 2.05) is 0 Å². The number of amides is 1. The molecule has 38 heavy (non-hydrogen) atoms. The molecule has 0 aliphatic carbocycles. The summed E-state index contributed by atoms with van der Waals surface area (Å²) in [5, 5.41) is 2.84. The lowest BCUT2D eigenvalue weighted by Gasteiger charge is -2.31. The highest BCUT2D eigenvalue weighted by atomic mass is 16.6. The first-order valence-corrected chi connectivity index (χ1v) is 12.0. The molecule has 3 atom stereocenters. The van der Waals surface area contributed by atoms with E-state index in [2.05, 4.69) is 5.32 Å². The Bertz CT molecular complexity index is 1260. The van der Waals surface area contributed by atoms with Crippen molar-refractivity contribution in [3.05, 3.63) is 60.2 Å². The van der Waals surface area contributed by atoms with Crippen molar-refractivity contribution >= 4 is 41.2 Å². The topological polar surface area (TPSA) is 138 Å². The summed E-state index contributed by atoms with van der Waals surface area (Å²) in [6.45, 7) is 2.71. The monoisotopic (exact) mass is 524 g/mol. The maximum atomic E-state index is 14.5. The summed E-state index contributed by atoms with van der Waals surface area (Å²) < 4.78 is 20.5. The van der Waals surface area contributed by atoms with Gasteiger partial charge in [-0.3, -0.25) is 24.6 Å². The fourth-order valence-electron chi connectivity index (χ4n) is 5.43. The standard InChI is InChI=1S/C27H28N2O9/c1-5-37-24(33)27(25(34)38-6-2)20(22(31)36-4)19(21(30)35-3)26(28-27)17-14-10-11-15-18(17)29(23(26)32)16-12-8-7-9-13-16/h7-15,19-20,28H,5-6H2,1-4H3/t19-,20+,26?/m0/s1. The molecule has 1 saturated heterocycles. The number of nitrogens with one attached hydrogen (secondary N) is 1. The molecule has 2 aromatic carbocycles. The van der Waals surface area contributed by atoms with Gasteiger partial charge >= 0.3 is 23.9 Å². The second kappa shape index (κ2) is 10.3. The molecule has 4 rings (SSSR count). The van der Waals surface area contributed by atoms with Crippen LogP contribution in [0.4, 0.5) is 11.4 Å². The van der Waals surface area contributed by atoms with E-state index >= 15 is 0 Å². The SMILES string of the molecule is CCOC(=O)C1(C(=O)OCC)NC2(C(=O)N(c3ccccc3)c3ccccc32)[C@H](C(=O)OC)[C@@H]1C(=O)OC. The molecule has 0 saturated carbocycles. The average molecular weight is 525 g/mol. The van der Waals surface area contributed by atoms with E-state index in [0.717, 1.165) is 14.2 Å². The van der Waals surface area contributed by atoms with Crippen LogP contribution in [0.25, 0.3) is 0 Å². The molecule has 1 fully saturated rings. The summed E-state index contributed by atoms with van der Waals surface area (Å²) in [6.07, 6.45) is 0. The normalized spacial score (nSPS) is 23.1. The molecule has 1 N–H and O–H groups in total. The van der Waals surface area contributed by atoms with Gasteiger partial charge in [0.15, 0.2) is 0 Å². The highest BCUT2D eigenvalue weighted by Gasteiger charge is 2.79. The third-order valence-corrected chi connectivity index (χ3v) is 6.89. The number of anilines is 2. The van der Waals surface area contributed by atoms with Crippen molar-refractivity contribution in [2.24, 2.45) is 11.8 Å². The Morgan fingerprint density at radius 2 is 1.34 bits per heavy atom. The minimum absolute atomic E-state index is 0.161. The molecule has 11 heteroatoms. The summed E-state index contributed by atoms with van der Waals surface area (Å²) in [5.74, 6) is -8.78. The van der Waals surface area contributed by atoms with Gasteiger partial charge in [0.2, 0.25) is 5.54 Å². The van der Waals surface area contributed by atoms with Crippen LogP contribution in [-0.2, 0) is 48.5 Å². The maximum Gasteiger partial charge on any atom is 0.339 e. The van der Waals surface area contributed by atoms with Gasteiger partial charge in [0.25, 0.3) is 5.91 Å². The van der Waals surface area contributed by atoms with E-state index in [1.165, 1.54) is 18.7 Å². The van der Waals surface area contributed by atoms with Crippen molar-refractivity contribution < 1.29 is 42.9 Å². The lowest BCUT2D eigenvalue weighted by atomic mass is 9.72. The van der Waals surface area contributed by atoms with E-state index in [0.29, 0.717) is 11.4 Å². The number of carbonyl (C=O) groups is 5. The zero-order valence-electron chi connectivity index (χ0n) is 21.4. The summed E-state index contributed by atoms with van der Waals surface area (Å²) in [6, 6.07) is 15.2. The number of methoxy groups -OCH3 is 2. The first-order chi connectivity index (χ1) is 18.3. The largest absolute Gasteiger partial charge is 0.469 e. The molecule has 1 amide bonds. The number of carbonyl (C=O) groups excluding carboxylic acids is 5. The third-order valence-electron chi connectivity index (χ3n) is 6.89. The molecule has 2 heterocycles. The molecule has 0 bridgehead atoms. The number of fused-ring (bicyclic) bond motifs is 2. The summed E-state index contributed by atoms with van der Waals surface area (Å²) in [5.41, 5.74) is -3.59. The van der Waals surface area contributed by atoms with Crippen molar-refractivity contribution in [2.45, 2.75) is 24.9 Å². The number of ether oxygens (including phenoxy) is 4. The number of hydrogen-bond acceptors (Lipinski definition) is 10. The van der Waals surface area contributed by atoms with Crippen molar-refractivity contribution in [2.75, 3.05) is 32.3 Å². The Labute approximate surface area is 219 Å². The van der Waals surface area contributed by atoms with Crippen LogP contribution in [-0.4, -0.2) is 62.8 Å². The van der Waals surface area contributed by atoms with Crippen LogP contribution in [0.1, 0.15) is 19.4 Å². The molecule has 1 spiro atoms. The number of benzene rings is 2. The molecule has 2 aliphatic heterocycles. The lowest BCUT2D eigenvalue weighted by molar-refractivity contribution is -0.175. The predicted octanol–water partition coefficient (Wildman–Crippen LogP) is 1.61. The highest BCUT2D eigenvalue weighted by Crippen LogP contribution is 2.57. The molecule has 11 nitrogen and oxygen atoms in total. The molecule has 2 aliphatic rings. The summed E-state index contributed by atoms with van der Waals surface area (Å²) >= 11 is 0. The quantitative estimate of drug-likeness (QED) is 0.323. The van der Waals surface area contributed by atoms with E-state index in [9.17, 15) is 24.0 Å². The van der Waals surface area contributed by atoms with Gasteiger partial charge in [-0.1, -0.05) is 36.4 Å². The average Bonchev–Trinajstić information content (AvgIpc) is 3.39. The van der Waals surface area contributed by atoms with Gasteiger partial charge < -0.3 is 18.9 Å². The minimum Gasteiger partial charge on any atom is -0.469 e. The van der Waals surface area contributed by atoms with Crippen LogP contribution in [0, 0.1) is 11.8 Å². The maximum absolute atomic E-state index is 14.5. The van der Waals surface area contributed by atoms with Crippen LogP contribution in [0.3, 0.4) is 0 Å². The molecule has 0 radical (unpaired) electrons. The third kappa shape index (κ3) is 3.65. The van der Waals surface area contributed by atoms with E-state index in [-0.39, 0.29) is 18.8 Å². The molecule has 200 valence electrons. The Hall–Kier alpha value is -4.25. The van der Waals surface area contributed by atoms with Crippen molar-refractivity contribution in [3.8, 4) is 0 Å². The molecule has 1 unspecified atom stereocenters. The smallest absolute Gasteiger partial charge is 0.339 e. The van der Waals surface area contributed by atoms with Gasteiger partial charge in [-0.25, -0.2) is 9.59 Å². The van der Waals surface area contributed by atoms with Gasteiger partial charge in [0.1, 0.15) is 17.4 Å². The van der Waals surface area contributed by atoms with Crippen LogP contribution in [0.15, 0.2) is 54.6 Å². The van der Waals surface area contributed by atoms with Crippen LogP contribution in [0.2, 0.25) is 0 Å². The number of rotatable bonds is 7. The second-order valence-corrected chi connectivity index (χ2v) is 8.68.